The second-order valence-electron chi connectivity index (χ2n) is 7.43. The maximum absolute atomic E-state index is 12.7. The predicted octanol–water partition coefficient (Wildman–Crippen LogP) is 3.05. The highest BCUT2D eigenvalue weighted by Crippen LogP contribution is 2.20. The van der Waals surface area contributed by atoms with Crippen LogP contribution >= 0.6 is 0 Å². The van der Waals surface area contributed by atoms with Crippen LogP contribution in [0, 0.1) is 12.8 Å². The number of aryl methyl sites for hydroxylation is 1. The number of amides is 1. The van der Waals surface area contributed by atoms with Crippen molar-refractivity contribution in [3.8, 4) is 5.69 Å². The van der Waals surface area contributed by atoms with Gasteiger partial charge in [0.05, 0.1) is 18.9 Å². The maximum Gasteiger partial charge on any atom is 0.251 e. The molecule has 1 N–H and O–H groups in total. The van der Waals surface area contributed by atoms with Gasteiger partial charge in [0.2, 0.25) is 0 Å². The van der Waals surface area contributed by atoms with Gasteiger partial charge in [-0.15, -0.1) is 0 Å². The lowest BCUT2D eigenvalue weighted by Crippen LogP contribution is -2.52. The first-order valence-electron chi connectivity index (χ1n) is 10.3. The second kappa shape index (κ2) is 9.85. The minimum atomic E-state index is -0.0204. The lowest BCUT2D eigenvalue weighted by atomic mass is 9.92. The third-order valence-electron chi connectivity index (χ3n) is 5.79. The van der Waals surface area contributed by atoms with Gasteiger partial charge in [-0.25, -0.2) is 4.68 Å². The molecule has 2 aromatic rings. The van der Waals surface area contributed by atoms with Crippen LogP contribution in [0.1, 0.15) is 42.7 Å². The van der Waals surface area contributed by atoms with Gasteiger partial charge >= 0.3 is 0 Å². The summed E-state index contributed by atoms with van der Waals surface area (Å²) in [5.74, 6) is 0.552. The molecule has 0 aliphatic carbocycles. The number of nitrogens with one attached hydrogen (secondary N) is 1. The third-order valence-corrected chi connectivity index (χ3v) is 5.79. The molecule has 0 radical (unpaired) electrons. The average Bonchev–Trinajstić information content (AvgIpc) is 3.17. The summed E-state index contributed by atoms with van der Waals surface area (Å²) in [4.78, 5) is 15.2. The van der Waals surface area contributed by atoms with Gasteiger partial charge < -0.3 is 10.1 Å². The van der Waals surface area contributed by atoms with Crippen molar-refractivity contribution in [3.05, 3.63) is 47.8 Å². The molecule has 152 valence electrons. The van der Waals surface area contributed by atoms with Crippen LogP contribution in [0.15, 0.2) is 36.5 Å². The van der Waals surface area contributed by atoms with E-state index in [9.17, 15) is 4.79 Å². The van der Waals surface area contributed by atoms with Gasteiger partial charge in [-0.05, 0) is 43.2 Å². The van der Waals surface area contributed by atoms with Crippen LogP contribution in [0.3, 0.4) is 0 Å². The second-order valence-corrected chi connectivity index (χ2v) is 7.43. The molecule has 1 atom stereocenters. The van der Waals surface area contributed by atoms with Crippen LogP contribution in [-0.2, 0) is 4.74 Å². The quantitative estimate of drug-likeness (QED) is 0.760. The van der Waals surface area contributed by atoms with Crippen molar-refractivity contribution in [1.29, 1.82) is 0 Å². The molecule has 0 spiro atoms. The minimum absolute atomic E-state index is 0.0204. The van der Waals surface area contributed by atoms with Gasteiger partial charge in [-0.1, -0.05) is 26.7 Å². The van der Waals surface area contributed by atoms with Gasteiger partial charge in [-0.2, -0.15) is 5.10 Å². The van der Waals surface area contributed by atoms with Gasteiger partial charge in [0.15, 0.2) is 0 Å². The SMILES string of the molecule is CCC(CC)C(CNC(=O)c1ccc(-n2nccc2C)cc1)N1CCOCC1. The number of morpholine rings is 1. The summed E-state index contributed by atoms with van der Waals surface area (Å²) in [6.07, 6.45) is 4.01. The fraction of sp³-hybridized carbons (Fsp3) is 0.545. The van der Waals surface area contributed by atoms with Gasteiger partial charge in [0, 0.05) is 43.1 Å². The Morgan fingerprint density at radius 1 is 1.14 bits per heavy atom. The molecule has 1 aliphatic rings. The molecule has 6 heteroatoms. The summed E-state index contributed by atoms with van der Waals surface area (Å²) < 4.78 is 7.37. The van der Waals surface area contributed by atoms with E-state index in [1.807, 2.05) is 41.9 Å². The maximum atomic E-state index is 12.7. The summed E-state index contributed by atoms with van der Waals surface area (Å²) in [7, 11) is 0. The largest absolute Gasteiger partial charge is 0.379 e. The molecular formula is C22H32N4O2. The van der Waals surface area contributed by atoms with Crippen molar-refractivity contribution in [2.24, 2.45) is 5.92 Å². The molecule has 2 heterocycles. The molecule has 1 aliphatic heterocycles. The normalized spacial score (nSPS) is 16.3. The van der Waals surface area contributed by atoms with Crippen LogP contribution in [0.25, 0.3) is 5.69 Å². The summed E-state index contributed by atoms with van der Waals surface area (Å²) in [6.45, 7) is 10.6. The Morgan fingerprint density at radius 2 is 1.82 bits per heavy atom. The fourth-order valence-corrected chi connectivity index (χ4v) is 4.03. The highest BCUT2D eigenvalue weighted by molar-refractivity contribution is 5.94. The molecule has 28 heavy (non-hydrogen) atoms. The van der Waals surface area contributed by atoms with Crippen molar-refractivity contribution in [1.82, 2.24) is 20.0 Å². The summed E-state index contributed by atoms with van der Waals surface area (Å²) in [6, 6.07) is 9.93. The first-order chi connectivity index (χ1) is 13.6. The molecule has 0 bridgehead atoms. The topological polar surface area (TPSA) is 59.4 Å². The number of ether oxygens (including phenoxy) is 1. The van der Waals surface area contributed by atoms with Gasteiger partial charge in [0.25, 0.3) is 5.91 Å². The molecule has 6 nitrogen and oxygen atoms in total. The van der Waals surface area contributed by atoms with Crippen molar-refractivity contribution in [2.75, 3.05) is 32.8 Å². The predicted molar refractivity (Wildman–Crippen MR) is 111 cm³/mol. The number of hydrogen-bond donors (Lipinski definition) is 1. The Labute approximate surface area is 167 Å². The third kappa shape index (κ3) is 4.80. The average molecular weight is 385 g/mol. The molecule has 1 fully saturated rings. The summed E-state index contributed by atoms with van der Waals surface area (Å²) >= 11 is 0. The van der Waals surface area contributed by atoms with Gasteiger partial charge in [-0.3, -0.25) is 9.69 Å². The zero-order chi connectivity index (χ0) is 19.9. The Kier molecular flexibility index (Phi) is 7.23. The highest BCUT2D eigenvalue weighted by Gasteiger charge is 2.27. The number of nitrogens with zero attached hydrogens (tertiary/aromatic N) is 3. The van der Waals surface area contributed by atoms with Crippen LogP contribution in [0.2, 0.25) is 0 Å². The van der Waals surface area contributed by atoms with Crippen LogP contribution < -0.4 is 5.32 Å². The van der Waals surface area contributed by atoms with Crippen LogP contribution in [0.4, 0.5) is 0 Å². The number of hydrogen-bond acceptors (Lipinski definition) is 4. The van der Waals surface area contributed by atoms with Crippen LogP contribution in [0.5, 0.6) is 0 Å². The molecule has 3 rings (SSSR count). The first-order valence-corrected chi connectivity index (χ1v) is 10.3. The smallest absolute Gasteiger partial charge is 0.251 e. The summed E-state index contributed by atoms with van der Waals surface area (Å²) in [5, 5.41) is 7.48. The fourth-order valence-electron chi connectivity index (χ4n) is 4.03. The number of carbonyl (C=O) groups excluding carboxylic acids is 1. The van der Waals surface area contributed by atoms with Crippen LogP contribution in [-0.4, -0.2) is 59.5 Å². The molecule has 1 amide bonds. The van der Waals surface area contributed by atoms with E-state index in [-0.39, 0.29) is 5.91 Å². The monoisotopic (exact) mass is 384 g/mol. The molecule has 1 unspecified atom stereocenters. The minimum Gasteiger partial charge on any atom is -0.379 e. The van der Waals surface area contributed by atoms with E-state index in [4.69, 9.17) is 4.74 Å². The van der Waals surface area contributed by atoms with Crippen molar-refractivity contribution in [2.45, 2.75) is 39.7 Å². The van der Waals surface area contributed by atoms with Crippen molar-refractivity contribution >= 4 is 5.91 Å². The van der Waals surface area contributed by atoms with E-state index < -0.39 is 0 Å². The number of carbonyl (C=O) groups is 1. The number of aromatic nitrogens is 2. The Hall–Kier alpha value is -2.18. The lowest BCUT2D eigenvalue weighted by molar-refractivity contribution is 0.00191. The lowest BCUT2D eigenvalue weighted by Gasteiger charge is -2.38. The molecule has 1 aromatic carbocycles. The Balaban J connectivity index is 1.64. The number of benzene rings is 1. The zero-order valence-corrected chi connectivity index (χ0v) is 17.2. The molecule has 0 saturated carbocycles. The van der Waals surface area contributed by atoms with Crippen molar-refractivity contribution in [3.63, 3.8) is 0 Å². The zero-order valence-electron chi connectivity index (χ0n) is 17.2. The Bertz CT molecular complexity index is 746. The van der Waals surface area contributed by atoms with E-state index in [0.717, 1.165) is 50.5 Å². The highest BCUT2D eigenvalue weighted by atomic mass is 16.5. The van der Waals surface area contributed by atoms with E-state index in [1.165, 1.54) is 0 Å². The standard InChI is InChI=1S/C22H32N4O2/c1-4-18(5-2)21(25-12-14-28-15-13-25)16-23-22(27)19-6-8-20(9-7-19)26-17(3)10-11-24-26/h6-11,18,21H,4-5,12-16H2,1-3H3,(H,23,27). The number of rotatable bonds is 8. The first kappa shape index (κ1) is 20.6. The molecule has 1 aromatic heterocycles. The summed E-state index contributed by atoms with van der Waals surface area (Å²) in [5.41, 5.74) is 2.71. The van der Waals surface area contributed by atoms with E-state index in [2.05, 4.69) is 29.2 Å². The van der Waals surface area contributed by atoms with E-state index >= 15 is 0 Å². The van der Waals surface area contributed by atoms with E-state index in [1.54, 1.807) is 6.20 Å². The molecular weight excluding hydrogens is 352 g/mol. The van der Waals surface area contributed by atoms with Crippen molar-refractivity contribution < 1.29 is 9.53 Å². The molecule has 1 saturated heterocycles. The van der Waals surface area contributed by atoms with Gasteiger partial charge in [0.1, 0.15) is 0 Å². The van der Waals surface area contributed by atoms with E-state index in [0.29, 0.717) is 24.1 Å². The Morgan fingerprint density at radius 3 is 2.39 bits per heavy atom.